The van der Waals surface area contributed by atoms with E-state index in [9.17, 15) is 9.59 Å². The molecule has 0 fully saturated rings. The highest BCUT2D eigenvalue weighted by atomic mass is 16.5. The van der Waals surface area contributed by atoms with Gasteiger partial charge in [-0.05, 0) is 13.3 Å². The van der Waals surface area contributed by atoms with Crippen molar-refractivity contribution in [2.24, 2.45) is 5.73 Å². The maximum absolute atomic E-state index is 11.4. The summed E-state index contributed by atoms with van der Waals surface area (Å²) in [4.78, 5) is 24.3. The summed E-state index contributed by atoms with van der Waals surface area (Å²) in [6.07, 6.45) is 0.445. The van der Waals surface area contributed by atoms with E-state index in [1.54, 1.807) is 14.2 Å². The minimum Gasteiger partial charge on any atom is -0.385 e. The smallest absolute Gasteiger partial charge is 0.241 e. The molecule has 0 spiro atoms. The zero-order chi connectivity index (χ0) is 12.6. The predicted octanol–water partition coefficient (Wildman–Crippen LogP) is -1.06. The molecule has 1 unspecified atom stereocenters. The van der Waals surface area contributed by atoms with Gasteiger partial charge < -0.3 is 20.7 Å². The molecule has 0 radical (unpaired) electrons. The molecule has 0 rings (SSSR count). The third kappa shape index (κ3) is 5.67. The van der Waals surface area contributed by atoms with E-state index in [-0.39, 0.29) is 18.4 Å². The summed E-state index contributed by atoms with van der Waals surface area (Å²) in [6, 6.07) is -0.625. The number of nitrogens with zero attached hydrogens (tertiary/aromatic N) is 1. The van der Waals surface area contributed by atoms with Crippen LogP contribution >= 0.6 is 0 Å². The molecule has 0 aliphatic rings. The highest BCUT2D eigenvalue weighted by Gasteiger charge is 2.14. The van der Waals surface area contributed by atoms with Gasteiger partial charge >= 0.3 is 0 Å². The molecule has 0 aliphatic carbocycles. The number of amides is 2. The lowest BCUT2D eigenvalue weighted by Crippen LogP contribution is -2.45. The molecule has 0 aromatic heterocycles. The zero-order valence-corrected chi connectivity index (χ0v) is 10.2. The average molecular weight is 231 g/mol. The molecular formula is C10H21N3O3. The van der Waals surface area contributed by atoms with E-state index < -0.39 is 6.04 Å². The van der Waals surface area contributed by atoms with Crippen LogP contribution in [0.2, 0.25) is 0 Å². The van der Waals surface area contributed by atoms with Crippen molar-refractivity contribution >= 4 is 11.8 Å². The maximum Gasteiger partial charge on any atom is 0.241 e. The number of hydrogen-bond donors (Lipinski definition) is 2. The lowest BCUT2D eigenvalue weighted by atomic mass is 10.2. The first-order valence-corrected chi connectivity index (χ1v) is 5.29. The summed E-state index contributed by atoms with van der Waals surface area (Å²) < 4.78 is 4.81. The Balaban J connectivity index is 3.84. The molecule has 0 heterocycles. The van der Waals surface area contributed by atoms with Gasteiger partial charge in [-0.25, -0.2) is 0 Å². The van der Waals surface area contributed by atoms with Crippen molar-refractivity contribution in [2.45, 2.75) is 19.4 Å². The molecule has 94 valence electrons. The van der Waals surface area contributed by atoms with Gasteiger partial charge in [0, 0.05) is 27.3 Å². The Labute approximate surface area is 96.1 Å². The van der Waals surface area contributed by atoms with Crippen molar-refractivity contribution in [3.05, 3.63) is 0 Å². The lowest BCUT2D eigenvalue weighted by molar-refractivity contribution is -0.132. The molecule has 6 heteroatoms. The van der Waals surface area contributed by atoms with Crippen molar-refractivity contribution in [1.82, 2.24) is 10.2 Å². The van der Waals surface area contributed by atoms with Crippen LogP contribution < -0.4 is 11.1 Å². The predicted molar refractivity (Wildman–Crippen MR) is 60.8 cm³/mol. The summed E-state index contributed by atoms with van der Waals surface area (Å²) in [5.74, 6) is -0.454. The van der Waals surface area contributed by atoms with Crippen LogP contribution in [0.5, 0.6) is 0 Å². The summed E-state index contributed by atoms with van der Waals surface area (Å²) >= 11 is 0. The summed E-state index contributed by atoms with van der Waals surface area (Å²) in [5.41, 5.74) is 5.58. The minimum absolute atomic E-state index is 0.0101. The van der Waals surface area contributed by atoms with Crippen molar-refractivity contribution in [3.63, 3.8) is 0 Å². The van der Waals surface area contributed by atoms with Gasteiger partial charge in [-0.15, -0.1) is 0 Å². The van der Waals surface area contributed by atoms with E-state index in [2.05, 4.69) is 5.32 Å². The van der Waals surface area contributed by atoms with Crippen molar-refractivity contribution in [1.29, 1.82) is 0 Å². The second-order valence-electron chi connectivity index (χ2n) is 3.51. The number of hydrogen-bond acceptors (Lipinski definition) is 4. The van der Waals surface area contributed by atoms with Gasteiger partial charge in [-0.1, -0.05) is 0 Å². The highest BCUT2D eigenvalue weighted by Crippen LogP contribution is 1.89. The molecule has 6 nitrogen and oxygen atoms in total. The SMILES string of the molecule is CCN(C)C(=O)CNC(=O)C(N)CCOC. The number of carbonyl (C=O) groups excluding carboxylic acids is 2. The zero-order valence-electron chi connectivity index (χ0n) is 10.2. The monoisotopic (exact) mass is 231 g/mol. The van der Waals surface area contributed by atoms with Crippen molar-refractivity contribution < 1.29 is 14.3 Å². The van der Waals surface area contributed by atoms with Gasteiger partial charge in [0.1, 0.15) is 0 Å². The molecule has 0 bridgehead atoms. The molecule has 1 atom stereocenters. The summed E-state index contributed by atoms with van der Waals surface area (Å²) in [6.45, 7) is 2.90. The first-order chi connectivity index (χ1) is 7.52. The number of rotatable bonds is 7. The van der Waals surface area contributed by atoms with Gasteiger partial charge in [0.05, 0.1) is 12.6 Å². The Morgan fingerprint density at radius 3 is 2.62 bits per heavy atom. The van der Waals surface area contributed by atoms with Gasteiger partial charge in [-0.2, -0.15) is 0 Å². The van der Waals surface area contributed by atoms with Crippen LogP contribution in [0.4, 0.5) is 0 Å². The Kier molecular flexibility index (Phi) is 7.49. The van der Waals surface area contributed by atoms with Gasteiger partial charge in [-0.3, -0.25) is 9.59 Å². The number of ether oxygens (including phenoxy) is 1. The number of nitrogens with two attached hydrogens (primary N) is 1. The summed E-state index contributed by atoms with van der Waals surface area (Å²) in [5, 5.41) is 2.50. The minimum atomic E-state index is -0.625. The normalized spacial score (nSPS) is 12.0. The van der Waals surface area contributed by atoms with Crippen LogP contribution in [0, 0.1) is 0 Å². The van der Waals surface area contributed by atoms with Crippen LogP contribution in [-0.4, -0.2) is 56.6 Å². The fraction of sp³-hybridized carbons (Fsp3) is 0.800. The maximum atomic E-state index is 11.4. The largest absolute Gasteiger partial charge is 0.385 e. The number of methoxy groups -OCH3 is 1. The quantitative estimate of drug-likeness (QED) is 0.585. The molecule has 0 aliphatic heterocycles. The van der Waals surface area contributed by atoms with Gasteiger partial charge in [0.15, 0.2) is 0 Å². The molecule has 0 aromatic rings. The molecule has 2 amide bonds. The van der Waals surface area contributed by atoms with E-state index in [0.717, 1.165) is 0 Å². The van der Waals surface area contributed by atoms with E-state index in [1.165, 1.54) is 4.90 Å². The van der Waals surface area contributed by atoms with Crippen LogP contribution in [-0.2, 0) is 14.3 Å². The van der Waals surface area contributed by atoms with E-state index >= 15 is 0 Å². The first kappa shape index (κ1) is 14.9. The molecule has 3 N–H and O–H groups in total. The third-order valence-corrected chi connectivity index (χ3v) is 2.28. The summed E-state index contributed by atoms with van der Waals surface area (Å²) in [7, 11) is 3.23. The highest BCUT2D eigenvalue weighted by molar-refractivity contribution is 5.87. The van der Waals surface area contributed by atoms with Gasteiger partial charge in [0.25, 0.3) is 0 Å². The van der Waals surface area contributed by atoms with Crippen LogP contribution in [0.3, 0.4) is 0 Å². The number of likely N-dealkylation sites (N-methyl/N-ethyl adjacent to an activating group) is 1. The van der Waals surface area contributed by atoms with E-state index in [0.29, 0.717) is 19.6 Å². The lowest BCUT2D eigenvalue weighted by Gasteiger charge is -2.16. The average Bonchev–Trinajstić information content (AvgIpc) is 2.31. The molecular weight excluding hydrogens is 210 g/mol. The van der Waals surface area contributed by atoms with E-state index in [4.69, 9.17) is 10.5 Å². The fourth-order valence-corrected chi connectivity index (χ4v) is 0.981. The Morgan fingerprint density at radius 2 is 2.12 bits per heavy atom. The molecule has 0 saturated heterocycles. The fourth-order valence-electron chi connectivity index (χ4n) is 0.981. The van der Waals surface area contributed by atoms with Crippen LogP contribution in [0.25, 0.3) is 0 Å². The van der Waals surface area contributed by atoms with E-state index in [1.807, 2.05) is 6.92 Å². The molecule has 16 heavy (non-hydrogen) atoms. The molecule has 0 saturated carbocycles. The number of nitrogens with one attached hydrogen (secondary N) is 1. The van der Waals surface area contributed by atoms with Crippen molar-refractivity contribution in [3.8, 4) is 0 Å². The second kappa shape index (κ2) is 8.06. The Morgan fingerprint density at radius 1 is 1.50 bits per heavy atom. The van der Waals surface area contributed by atoms with Crippen molar-refractivity contribution in [2.75, 3.05) is 33.9 Å². The Bertz CT molecular complexity index is 233. The Hall–Kier alpha value is -1.14. The van der Waals surface area contributed by atoms with Crippen LogP contribution in [0.15, 0.2) is 0 Å². The third-order valence-electron chi connectivity index (χ3n) is 2.28. The number of carbonyl (C=O) groups is 2. The standard InChI is InChI=1S/C10H21N3O3/c1-4-13(2)9(14)7-12-10(15)8(11)5-6-16-3/h8H,4-7,11H2,1-3H3,(H,12,15). The van der Waals surface area contributed by atoms with Crippen LogP contribution in [0.1, 0.15) is 13.3 Å². The molecule has 0 aromatic carbocycles. The first-order valence-electron chi connectivity index (χ1n) is 5.29. The topological polar surface area (TPSA) is 84.7 Å². The van der Waals surface area contributed by atoms with Gasteiger partial charge in [0.2, 0.25) is 11.8 Å². The second-order valence-corrected chi connectivity index (χ2v) is 3.51.